The van der Waals surface area contributed by atoms with Gasteiger partial charge in [-0.15, -0.1) is 11.8 Å². The van der Waals surface area contributed by atoms with E-state index in [2.05, 4.69) is 36.3 Å². The van der Waals surface area contributed by atoms with Gasteiger partial charge < -0.3 is 5.32 Å². The molecule has 3 heterocycles. The van der Waals surface area contributed by atoms with Crippen molar-refractivity contribution in [2.24, 2.45) is 7.05 Å². The highest BCUT2D eigenvalue weighted by molar-refractivity contribution is 9.10. The SMILES string of the molecule is Cn1nc(-c2cccnc2)c(CSc2ccccc2C(=O)Nc2cc3ccccc3c(Br)n2)c1Cl. The standard InChI is InChI=1S/C26H19BrClN5OS/c1-33-25(28)20(23(32-33)17-8-6-12-29-14-17)15-35-21-11-5-4-10-19(21)26(34)31-22-13-16-7-2-3-9-18(16)24(27)30-22/h2-14H,15H2,1H3,(H,30,31,34). The fraction of sp³-hybridized carbons (Fsp3) is 0.0769. The number of fused-ring (bicyclic) bond motifs is 1. The molecule has 0 aliphatic rings. The number of rotatable bonds is 6. The number of aryl methyl sites for hydroxylation is 1. The molecule has 5 aromatic rings. The molecule has 0 fully saturated rings. The Labute approximate surface area is 219 Å². The Balaban J connectivity index is 1.40. The molecule has 5 rings (SSSR count). The van der Waals surface area contributed by atoms with Crippen LogP contribution in [0, 0.1) is 0 Å². The number of carbonyl (C=O) groups excluding carboxylic acids is 1. The number of carbonyl (C=O) groups is 1. The summed E-state index contributed by atoms with van der Waals surface area (Å²) < 4.78 is 2.34. The van der Waals surface area contributed by atoms with Crippen molar-refractivity contribution in [1.29, 1.82) is 0 Å². The lowest BCUT2D eigenvalue weighted by Crippen LogP contribution is -2.14. The van der Waals surface area contributed by atoms with Crippen LogP contribution < -0.4 is 5.32 Å². The second-order valence-electron chi connectivity index (χ2n) is 7.74. The van der Waals surface area contributed by atoms with E-state index in [0.29, 0.717) is 26.9 Å². The van der Waals surface area contributed by atoms with Crippen LogP contribution in [-0.2, 0) is 12.8 Å². The molecule has 2 aromatic carbocycles. The van der Waals surface area contributed by atoms with E-state index in [9.17, 15) is 4.79 Å². The van der Waals surface area contributed by atoms with Crippen molar-refractivity contribution in [3.05, 3.63) is 100 Å². The van der Waals surface area contributed by atoms with Crippen LogP contribution in [0.3, 0.4) is 0 Å². The van der Waals surface area contributed by atoms with Crippen LogP contribution in [0.5, 0.6) is 0 Å². The van der Waals surface area contributed by atoms with Gasteiger partial charge in [-0.2, -0.15) is 5.10 Å². The van der Waals surface area contributed by atoms with Crippen LogP contribution in [0.2, 0.25) is 5.15 Å². The summed E-state index contributed by atoms with van der Waals surface area (Å²) in [6, 6.07) is 21.1. The molecular formula is C26H19BrClN5OS. The smallest absolute Gasteiger partial charge is 0.257 e. The van der Waals surface area contributed by atoms with Gasteiger partial charge in [0.15, 0.2) is 0 Å². The molecule has 0 atom stereocenters. The van der Waals surface area contributed by atoms with Gasteiger partial charge in [-0.05, 0) is 51.6 Å². The van der Waals surface area contributed by atoms with Crippen molar-refractivity contribution >= 4 is 61.8 Å². The number of thioether (sulfide) groups is 1. The fourth-order valence-corrected chi connectivity index (χ4v) is 5.63. The lowest BCUT2D eigenvalue weighted by Gasteiger charge is -2.11. The van der Waals surface area contributed by atoms with Gasteiger partial charge in [0.1, 0.15) is 15.6 Å². The van der Waals surface area contributed by atoms with Gasteiger partial charge in [0, 0.05) is 46.6 Å². The van der Waals surface area contributed by atoms with E-state index in [1.54, 1.807) is 23.1 Å². The average Bonchev–Trinajstić information content (AvgIpc) is 3.16. The molecule has 0 aliphatic carbocycles. The molecule has 3 aromatic heterocycles. The summed E-state index contributed by atoms with van der Waals surface area (Å²) in [7, 11) is 1.81. The number of hydrogen-bond donors (Lipinski definition) is 1. The van der Waals surface area contributed by atoms with E-state index < -0.39 is 0 Å². The first-order valence-electron chi connectivity index (χ1n) is 10.7. The fourth-order valence-electron chi connectivity index (χ4n) is 3.74. The van der Waals surface area contributed by atoms with Gasteiger partial charge in [0.05, 0.1) is 11.3 Å². The number of nitrogens with zero attached hydrogens (tertiary/aromatic N) is 4. The maximum atomic E-state index is 13.2. The minimum absolute atomic E-state index is 0.229. The van der Waals surface area contributed by atoms with Crippen molar-refractivity contribution in [1.82, 2.24) is 19.7 Å². The maximum absolute atomic E-state index is 13.2. The van der Waals surface area contributed by atoms with E-state index >= 15 is 0 Å². The van der Waals surface area contributed by atoms with Crippen molar-refractivity contribution < 1.29 is 4.79 Å². The topological polar surface area (TPSA) is 72.7 Å². The summed E-state index contributed by atoms with van der Waals surface area (Å²) in [5, 5.41) is 10.0. The van der Waals surface area contributed by atoms with Gasteiger partial charge in [0.2, 0.25) is 0 Å². The van der Waals surface area contributed by atoms with Crippen molar-refractivity contribution in [2.45, 2.75) is 10.6 Å². The molecule has 0 bridgehead atoms. The summed E-state index contributed by atoms with van der Waals surface area (Å²) in [5.41, 5.74) is 3.13. The lowest BCUT2D eigenvalue weighted by atomic mass is 10.1. The maximum Gasteiger partial charge on any atom is 0.257 e. The van der Waals surface area contributed by atoms with Crippen LogP contribution in [-0.4, -0.2) is 25.7 Å². The first-order valence-corrected chi connectivity index (χ1v) is 12.9. The van der Waals surface area contributed by atoms with Crippen molar-refractivity contribution in [3.63, 3.8) is 0 Å². The predicted molar refractivity (Wildman–Crippen MR) is 145 cm³/mol. The molecule has 35 heavy (non-hydrogen) atoms. The highest BCUT2D eigenvalue weighted by atomic mass is 79.9. The zero-order chi connectivity index (χ0) is 24.4. The largest absolute Gasteiger partial charge is 0.306 e. The molecule has 0 spiro atoms. The summed E-state index contributed by atoms with van der Waals surface area (Å²) >= 11 is 11.6. The Kier molecular flexibility index (Phi) is 6.86. The Bertz CT molecular complexity index is 1540. The second-order valence-corrected chi connectivity index (χ2v) is 9.87. The Morgan fingerprint density at radius 2 is 1.91 bits per heavy atom. The van der Waals surface area contributed by atoms with E-state index in [1.807, 2.05) is 67.7 Å². The molecule has 1 N–H and O–H groups in total. The van der Waals surface area contributed by atoms with E-state index in [-0.39, 0.29) is 5.91 Å². The first kappa shape index (κ1) is 23.5. The zero-order valence-corrected chi connectivity index (χ0v) is 21.7. The second kappa shape index (κ2) is 10.2. The summed E-state index contributed by atoms with van der Waals surface area (Å²) in [5.74, 6) is 0.795. The highest BCUT2D eigenvalue weighted by Gasteiger charge is 2.19. The molecule has 6 nitrogen and oxygen atoms in total. The summed E-state index contributed by atoms with van der Waals surface area (Å²) in [4.78, 5) is 22.8. The van der Waals surface area contributed by atoms with Crippen molar-refractivity contribution in [2.75, 3.05) is 5.32 Å². The molecule has 0 radical (unpaired) electrons. The molecule has 174 valence electrons. The number of aromatic nitrogens is 4. The molecule has 0 aliphatic heterocycles. The van der Waals surface area contributed by atoms with Gasteiger partial charge in [-0.3, -0.25) is 14.5 Å². The number of benzene rings is 2. The lowest BCUT2D eigenvalue weighted by molar-refractivity contribution is 0.102. The van der Waals surface area contributed by atoms with Gasteiger partial charge in [0.25, 0.3) is 5.91 Å². The average molecular weight is 565 g/mol. The molecule has 0 saturated heterocycles. The molecule has 9 heteroatoms. The Hall–Kier alpha value is -3.20. The molecule has 0 unspecified atom stereocenters. The number of pyridine rings is 2. The summed E-state index contributed by atoms with van der Waals surface area (Å²) in [6.45, 7) is 0. The Morgan fingerprint density at radius 1 is 1.11 bits per heavy atom. The van der Waals surface area contributed by atoms with E-state index in [1.165, 1.54) is 11.8 Å². The van der Waals surface area contributed by atoms with Crippen LogP contribution in [0.15, 0.2) is 88.6 Å². The number of anilines is 1. The third-order valence-electron chi connectivity index (χ3n) is 5.44. The zero-order valence-electron chi connectivity index (χ0n) is 18.6. The van der Waals surface area contributed by atoms with Crippen molar-refractivity contribution in [3.8, 4) is 11.3 Å². The van der Waals surface area contributed by atoms with Gasteiger partial charge in [-0.1, -0.05) is 48.0 Å². The molecule has 1 amide bonds. The number of nitrogens with one attached hydrogen (secondary N) is 1. The van der Waals surface area contributed by atoms with Crippen LogP contribution in [0.25, 0.3) is 22.0 Å². The van der Waals surface area contributed by atoms with E-state index in [4.69, 9.17) is 11.6 Å². The van der Waals surface area contributed by atoms with Crippen LogP contribution >= 0.6 is 39.3 Å². The first-order chi connectivity index (χ1) is 17.0. The quantitative estimate of drug-likeness (QED) is 0.178. The molecular weight excluding hydrogens is 546 g/mol. The number of hydrogen-bond acceptors (Lipinski definition) is 5. The number of amides is 1. The monoisotopic (exact) mass is 563 g/mol. The van der Waals surface area contributed by atoms with Crippen LogP contribution in [0.1, 0.15) is 15.9 Å². The third-order valence-corrected chi connectivity index (χ3v) is 7.62. The normalized spacial score (nSPS) is 11.1. The Morgan fingerprint density at radius 3 is 2.74 bits per heavy atom. The van der Waals surface area contributed by atoms with Gasteiger partial charge in [-0.25, -0.2) is 4.98 Å². The number of halogens is 2. The highest BCUT2D eigenvalue weighted by Crippen LogP contribution is 2.35. The predicted octanol–water partition coefficient (Wildman–Crippen LogP) is 6.99. The van der Waals surface area contributed by atoms with Gasteiger partial charge >= 0.3 is 0 Å². The summed E-state index contributed by atoms with van der Waals surface area (Å²) in [6.07, 6.45) is 3.49. The minimum atomic E-state index is -0.229. The van der Waals surface area contributed by atoms with E-state index in [0.717, 1.165) is 32.5 Å². The third kappa shape index (κ3) is 4.96. The minimum Gasteiger partial charge on any atom is -0.306 e. The van der Waals surface area contributed by atoms with Crippen LogP contribution in [0.4, 0.5) is 5.82 Å². The molecule has 0 saturated carbocycles.